The summed E-state index contributed by atoms with van der Waals surface area (Å²) < 4.78 is 13.3. The van der Waals surface area contributed by atoms with E-state index in [1.54, 1.807) is 0 Å². The van der Waals surface area contributed by atoms with Crippen molar-refractivity contribution in [3.8, 4) is 0 Å². The Balaban J connectivity index is 1.87. The average Bonchev–Trinajstić information content (AvgIpc) is 2.38. The predicted molar refractivity (Wildman–Crippen MR) is 62.2 cm³/mol. The Bertz CT molecular complexity index is 391. The first kappa shape index (κ1) is 12.0. The van der Waals surface area contributed by atoms with Crippen LogP contribution in [0, 0.1) is 5.82 Å². The Labute approximate surface area is 99.6 Å². The Morgan fingerprint density at radius 2 is 2.47 bits per heavy atom. The maximum absolute atomic E-state index is 13.3. The van der Waals surface area contributed by atoms with Crippen molar-refractivity contribution in [1.82, 2.24) is 15.6 Å². The first-order chi connectivity index (χ1) is 8.27. The summed E-state index contributed by atoms with van der Waals surface area (Å²) in [6, 6.07) is 1.69. The van der Waals surface area contributed by atoms with Gasteiger partial charge in [0, 0.05) is 18.8 Å². The van der Waals surface area contributed by atoms with Crippen molar-refractivity contribution in [1.29, 1.82) is 0 Å². The second-order valence-corrected chi connectivity index (χ2v) is 4.21. The third kappa shape index (κ3) is 3.23. The van der Waals surface area contributed by atoms with Crippen molar-refractivity contribution in [2.24, 2.45) is 0 Å². The van der Waals surface area contributed by atoms with E-state index < -0.39 is 5.82 Å². The zero-order valence-corrected chi connectivity index (χ0v) is 9.58. The number of aromatic nitrogens is 1. The molecule has 0 spiro atoms. The van der Waals surface area contributed by atoms with Crippen LogP contribution in [0.3, 0.4) is 0 Å². The lowest BCUT2D eigenvalue weighted by atomic mass is 10.1. The molecule has 1 aromatic heterocycles. The first-order valence-electron chi connectivity index (χ1n) is 5.88. The molecule has 1 atom stereocenters. The van der Waals surface area contributed by atoms with E-state index in [1.165, 1.54) is 25.1 Å². The number of piperidine rings is 1. The summed E-state index contributed by atoms with van der Waals surface area (Å²) in [6.45, 7) is 1.53. The van der Waals surface area contributed by atoms with Crippen molar-refractivity contribution < 1.29 is 9.18 Å². The van der Waals surface area contributed by atoms with E-state index in [2.05, 4.69) is 15.6 Å². The molecular weight excluding hydrogens is 221 g/mol. The summed E-state index contributed by atoms with van der Waals surface area (Å²) in [5.41, 5.74) is 0.0517. The summed E-state index contributed by atoms with van der Waals surface area (Å²) in [5, 5.41) is 6.06. The molecule has 0 saturated carbocycles. The molecule has 0 radical (unpaired) electrons. The minimum absolute atomic E-state index is 0.0517. The fourth-order valence-corrected chi connectivity index (χ4v) is 1.97. The highest BCUT2D eigenvalue weighted by Gasteiger charge is 2.15. The molecule has 0 bridgehead atoms. The molecule has 1 aliphatic rings. The molecule has 1 fully saturated rings. The molecule has 1 saturated heterocycles. The van der Waals surface area contributed by atoms with E-state index in [4.69, 9.17) is 0 Å². The van der Waals surface area contributed by atoms with Crippen LogP contribution in [0.15, 0.2) is 18.5 Å². The normalized spacial score (nSPS) is 19.9. The van der Waals surface area contributed by atoms with Gasteiger partial charge in [0.05, 0.1) is 11.8 Å². The van der Waals surface area contributed by atoms with Crippen LogP contribution in [0.4, 0.5) is 4.39 Å². The van der Waals surface area contributed by atoms with Gasteiger partial charge in [-0.15, -0.1) is 0 Å². The highest BCUT2D eigenvalue weighted by molar-refractivity contribution is 5.94. The van der Waals surface area contributed by atoms with Gasteiger partial charge in [0.25, 0.3) is 5.91 Å². The number of hydrogen-bond donors (Lipinski definition) is 2. The van der Waals surface area contributed by atoms with Crippen LogP contribution >= 0.6 is 0 Å². The van der Waals surface area contributed by atoms with Crippen LogP contribution in [-0.2, 0) is 0 Å². The number of nitrogens with one attached hydrogen (secondary N) is 2. The molecule has 1 aliphatic heterocycles. The summed E-state index contributed by atoms with van der Waals surface area (Å²) in [7, 11) is 0. The number of amides is 1. The number of rotatable bonds is 3. The highest BCUT2D eigenvalue weighted by atomic mass is 19.1. The van der Waals surface area contributed by atoms with Crippen LogP contribution in [0.5, 0.6) is 0 Å². The summed E-state index contributed by atoms with van der Waals surface area (Å²) in [5.74, 6) is -0.959. The van der Waals surface area contributed by atoms with Gasteiger partial charge in [-0.05, 0) is 25.5 Å². The molecule has 4 nitrogen and oxygen atoms in total. The zero-order valence-electron chi connectivity index (χ0n) is 9.58. The number of nitrogens with zero attached hydrogens (tertiary/aromatic N) is 1. The van der Waals surface area contributed by atoms with E-state index in [0.29, 0.717) is 12.6 Å². The zero-order chi connectivity index (χ0) is 12.1. The van der Waals surface area contributed by atoms with Crippen LogP contribution in [0.2, 0.25) is 0 Å². The molecule has 17 heavy (non-hydrogen) atoms. The lowest BCUT2D eigenvalue weighted by molar-refractivity contribution is 0.0943. The van der Waals surface area contributed by atoms with Gasteiger partial charge in [-0.25, -0.2) is 4.39 Å². The number of carbonyl (C=O) groups is 1. The summed E-state index contributed by atoms with van der Waals surface area (Å²) in [4.78, 5) is 15.3. The van der Waals surface area contributed by atoms with E-state index in [0.717, 1.165) is 19.2 Å². The van der Waals surface area contributed by atoms with Crippen molar-refractivity contribution in [2.45, 2.75) is 25.3 Å². The maximum Gasteiger partial charge on any atom is 0.254 e. The molecule has 0 aromatic carbocycles. The van der Waals surface area contributed by atoms with E-state index >= 15 is 0 Å². The van der Waals surface area contributed by atoms with Gasteiger partial charge in [-0.3, -0.25) is 9.78 Å². The van der Waals surface area contributed by atoms with Crippen LogP contribution in [-0.4, -0.2) is 30.0 Å². The monoisotopic (exact) mass is 237 g/mol. The van der Waals surface area contributed by atoms with Gasteiger partial charge in [0.1, 0.15) is 0 Å². The molecule has 1 amide bonds. The van der Waals surface area contributed by atoms with Gasteiger partial charge in [-0.2, -0.15) is 0 Å². The summed E-state index contributed by atoms with van der Waals surface area (Å²) in [6.07, 6.45) is 5.88. The van der Waals surface area contributed by atoms with E-state index in [9.17, 15) is 9.18 Å². The Morgan fingerprint density at radius 3 is 3.18 bits per heavy atom. The molecule has 1 aromatic rings. The van der Waals surface area contributed by atoms with Crippen LogP contribution in [0.25, 0.3) is 0 Å². The quantitative estimate of drug-likeness (QED) is 0.827. The minimum Gasteiger partial charge on any atom is -0.350 e. The first-order valence-corrected chi connectivity index (χ1v) is 5.88. The summed E-state index contributed by atoms with van der Waals surface area (Å²) >= 11 is 0. The van der Waals surface area contributed by atoms with Crippen LogP contribution in [0.1, 0.15) is 29.6 Å². The smallest absolute Gasteiger partial charge is 0.254 e. The van der Waals surface area contributed by atoms with Gasteiger partial charge >= 0.3 is 0 Å². The number of carbonyl (C=O) groups excluding carboxylic acids is 1. The number of halogens is 1. The third-order valence-electron chi connectivity index (χ3n) is 2.94. The molecular formula is C12H16FN3O. The minimum atomic E-state index is -0.582. The van der Waals surface area contributed by atoms with Crippen molar-refractivity contribution in [2.75, 3.05) is 13.1 Å². The standard InChI is InChI=1S/C12H16FN3O/c13-11-8-14-6-4-10(11)12(17)16-7-9-3-1-2-5-15-9/h4,6,8-9,15H,1-3,5,7H2,(H,16,17). The topological polar surface area (TPSA) is 54.0 Å². The molecule has 1 unspecified atom stereocenters. The van der Waals surface area contributed by atoms with Gasteiger partial charge < -0.3 is 10.6 Å². The SMILES string of the molecule is O=C(NCC1CCCCN1)c1ccncc1F. The fourth-order valence-electron chi connectivity index (χ4n) is 1.97. The van der Waals surface area contributed by atoms with E-state index in [-0.39, 0.29) is 11.5 Å². The van der Waals surface area contributed by atoms with Crippen molar-refractivity contribution in [3.63, 3.8) is 0 Å². The van der Waals surface area contributed by atoms with E-state index in [1.807, 2.05) is 0 Å². The molecule has 2 heterocycles. The number of pyridine rings is 1. The Hall–Kier alpha value is -1.49. The lowest BCUT2D eigenvalue weighted by Crippen LogP contribution is -2.43. The molecule has 0 aliphatic carbocycles. The number of hydrogen-bond acceptors (Lipinski definition) is 3. The molecule has 92 valence electrons. The van der Waals surface area contributed by atoms with Gasteiger partial charge in [-0.1, -0.05) is 6.42 Å². The highest BCUT2D eigenvalue weighted by Crippen LogP contribution is 2.07. The third-order valence-corrected chi connectivity index (χ3v) is 2.94. The van der Waals surface area contributed by atoms with Gasteiger partial charge in [0.15, 0.2) is 5.82 Å². The van der Waals surface area contributed by atoms with Crippen LogP contribution < -0.4 is 10.6 Å². The second kappa shape index (κ2) is 5.72. The van der Waals surface area contributed by atoms with Crippen molar-refractivity contribution >= 4 is 5.91 Å². The average molecular weight is 237 g/mol. The lowest BCUT2D eigenvalue weighted by Gasteiger charge is -2.23. The maximum atomic E-state index is 13.3. The Morgan fingerprint density at radius 1 is 1.59 bits per heavy atom. The molecule has 2 N–H and O–H groups in total. The predicted octanol–water partition coefficient (Wildman–Crippen LogP) is 1.09. The Kier molecular flexibility index (Phi) is 4.03. The second-order valence-electron chi connectivity index (χ2n) is 4.21. The fraction of sp³-hybridized carbons (Fsp3) is 0.500. The van der Waals surface area contributed by atoms with Gasteiger partial charge in [0.2, 0.25) is 0 Å². The van der Waals surface area contributed by atoms with Crippen molar-refractivity contribution in [3.05, 3.63) is 29.8 Å². The molecule has 5 heteroatoms. The largest absolute Gasteiger partial charge is 0.350 e. The molecule has 2 rings (SSSR count).